The molecule has 2 aromatic heterocycles. The Morgan fingerprint density at radius 2 is 2.33 bits per heavy atom. The molecule has 0 atom stereocenters. The van der Waals surface area contributed by atoms with Crippen LogP contribution in [0.25, 0.3) is 0 Å². The van der Waals surface area contributed by atoms with Gasteiger partial charge in [0.1, 0.15) is 22.7 Å². The predicted molar refractivity (Wildman–Crippen MR) is 66.4 cm³/mol. The first kappa shape index (κ1) is 12.4. The molecular formula is C12H11ClN4O. The molecule has 0 aliphatic rings. The van der Waals surface area contributed by atoms with E-state index < -0.39 is 0 Å². The molecular weight excluding hydrogens is 252 g/mol. The monoisotopic (exact) mass is 262 g/mol. The molecule has 2 aromatic rings. The number of hydrogen-bond acceptors (Lipinski definition) is 4. The number of ether oxygens (including phenoxy) is 1. The number of pyridine rings is 1. The lowest BCUT2D eigenvalue weighted by molar-refractivity contribution is 0.321. The number of nitriles is 1. The van der Waals surface area contributed by atoms with Gasteiger partial charge in [-0.3, -0.25) is 4.68 Å². The summed E-state index contributed by atoms with van der Waals surface area (Å²) < 4.78 is 7.27. The van der Waals surface area contributed by atoms with Gasteiger partial charge in [0.05, 0.1) is 12.8 Å². The average molecular weight is 263 g/mol. The van der Waals surface area contributed by atoms with Gasteiger partial charge < -0.3 is 4.74 Å². The van der Waals surface area contributed by atoms with E-state index >= 15 is 0 Å². The van der Waals surface area contributed by atoms with Crippen molar-refractivity contribution in [1.82, 2.24) is 14.8 Å². The second-order valence-electron chi connectivity index (χ2n) is 3.74. The molecule has 0 aliphatic carbocycles. The van der Waals surface area contributed by atoms with Gasteiger partial charge in [-0.05, 0) is 5.56 Å². The Bertz CT molecular complexity index is 588. The fourth-order valence-corrected chi connectivity index (χ4v) is 1.70. The zero-order valence-corrected chi connectivity index (χ0v) is 10.6. The van der Waals surface area contributed by atoms with E-state index in [0.29, 0.717) is 12.4 Å². The summed E-state index contributed by atoms with van der Waals surface area (Å²) in [4.78, 5) is 3.83. The Kier molecular flexibility index (Phi) is 3.80. The standard InChI is InChI=1S/C12H11ClN4O/c1-17-8-9(7-15-17)2-3-18-11-4-10(6-14)16-12(13)5-11/h4-5,7-8H,2-3H2,1H3. The molecule has 0 saturated carbocycles. The first-order valence-corrected chi connectivity index (χ1v) is 5.73. The number of hydrogen-bond donors (Lipinski definition) is 0. The molecule has 0 spiro atoms. The molecule has 2 rings (SSSR count). The lowest BCUT2D eigenvalue weighted by Crippen LogP contribution is -2.01. The minimum atomic E-state index is 0.249. The third kappa shape index (κ3) is 3.22. The van der Waals surface area contributed by atoms with Crippen LogP contribution in [0.4, 0.5) is 0 Å². The van der Waals surface area contributed by atoms with Crippen molar-refractivity contribution in [1.29, 1.82) is 5.26 Å². The van der Waals surface area contributed by atoms with E-state index in [1.54, 1.807) is 23.0 Å². The first-order valence-electron chi connectivity index (χ1n) is 5.35. The summed E-state index contributed by atoms with van der Waals surface area (Å²) in [5.74, 6) is 0.551. The van der Waals surface area contributed by atoms with Crippen molar-refractivity contribution in [3.8, 4) is 11.8 Å². The molecule has 18 heavy (non-hydrogen) atoms. The van der Waals surface area contributed by atoms with Crippen LogP contribution in [0.2, 0.25) is 5.15 Å². The average Bonchev–Trinajstić information content (AvgIpc) is 2.74. The van der Waals surface area contributed by atoms with Crippen molar-refractivity contribution in [2.24, 2.45) is 7.05 Å². The van der Waals surface area contributed by atoms with Gasteiger partial charge in [0.25, 0.3) is 0 Å². The maximum atomic E-state index is 8.75. The molecule has 0 aromatic carbocycles. The number of aryl methyl sites for hydroxylation is 1. The highest BCUT2D eigenvalue weighted by atomic mass is 35.5. The van der Waals surface area contributed by atoms with Gasteiger partial charge in [0.2, 0.25) is 0 Å². The Balaban J connectivity index is 1.94. The molecule has 2 heterocycles. The fourth-order valence-electron chi connectivity index (χ4n) is 1.50. The van der Waals surface area contributed by atoms with E-state index in [2.05, 4.69) is 10.1 Å². The van der Waals surface area contributed by atoms with Crippen LogP contribution in [0.5, 0.6) is 5.75 Å². The van der Waals surface area contributed by atoms with Crippen molar-refractivity contribution in [3.05, 3.63) is 40.9 Å². The predicted octanol–water partition coefficient (Wildman–Crippen LogP) is 1.96. The normalized spacial score (nSPS) is 10.1. The van der Waals surface area contributed by atoms with Crippen LogP contribution in [-0.4, -0.2) is 21.4 Å². The van der Waals surface area contributed by atoms with Gasteiger partial charge in [-0.15, -0.1) is 0 Å². The molecule has 0 unspecified atom stereocenters. The van der Waals surface area contributed by atoms with Crippen LogP contribution in [0, 0.1) is 11.3 Å². The van der Waals surface area contributed by atoms with Crippen LogP contribution in [-0.2, 0) is 13.5 Å². The third-order valence-corrected chi connectivity index (χ3v) is 2.49. The quantitative estimate of drug-likeness (QED) is 0.790. The SMILES string of the molecule is Cn1cc(CCOc2cc(Cl)nc(C#N)c2)cn1. The fraction of sp³-hybridized carbons (Fsp3) is 0.250. The first-order chi connectivity index (χ1) is 8.67. The number of nitrogens with zero attached hydrogens (tertiary/aromatic N) is 4. The Morgan fingerprint density at radius 1 is 1.50 bits per heavy atom. The minimum absolute atomic E-state index is 0.249. The molecule has 0 aliphatic heterocycles. The molecule has 0 radical (unpaired) electrons. The molecule has 92 valence electrons. The molecule has 0 saturated heterocycles. The molecule has 0 bridgehead atoms. The van der Waals surface area contributed by atoms with E-state index in [1.807, 2.05) is 19.3 Å². The Labute approximate surface area is 110 Å². The molecule has 0 fully saturated rings. The highest BCUT2D eigenvalue weighted by molar-refractivity contribution is 6.29. The summed E-state index contributed by atoms with van der Waals surface area (Å²) in [5, 5.41) is 13.1. The van der Waals surface area contributed by atoms with Crippen LogP contribution < -0.4 is 4.74 Å². The van der Waals surface area contributed by atoms with Gasteiger partial charge in [-0.1, -0.05) is 11.6 Å². The van der Waals surface area contributed by atoms with Crippen LogP contribution in [0.15, 0.2) is 24.5 Å². The van der Waals surface area contributed by atoms with Crippen LogP contribution in [0.1, 0.15) is 11.3 Å². The number of halogens is 1. The maximum absolute atomic E-state index is 8.75. The second-order valence-corrected chi connectivity index (χ2v) is 4.13. The van der Waals surface area contributed by atoms with E-state index in [-0.39, 0.29) is 10.8 Å². The Morgan fingerprint density at radius 3 is 3.00 bits per heavy atom. The van der Waals surface area contributed by atoms with Gasteiger partial charge in [-0.2, -0.15) is 10.4 Å². The van der Waals surface area contributed by atoms with E-state index in [4.69, 9.17) is 21.6 Å². The van der Waals surface area contributed by atoms with Crippen molar-refractivity contribution >= 4 is 11.6 Å². The van der Waals surface area contributed by atoms with Crippen LogP contribution >= 0.6 is 11.6 Å². The van der Waals surface area contributed by atoms with Crippen LogP contribution in [0.3, 0.4) is 0 Å². The van der Waals surface area contributed by atoms with Crippen molar-refractivity contribution in [3.63, 3.8) is 0 Å². The van der Waals surface area contributed by atoms with Crippen molar-refractivity contribution in [2.75, 3.05) is 6.61 Å². The van der Waals surface area contributed by atoms with Crippen molar-refractivity contribution < 1.29 is 4.74 Å². The van der Waals surface area contributed by atoms with E-state index in [9.17, 15) is 0 Å². The zero-order valence-electron chi connectivity index (χ0n) is 9.80. The molecule has 5 nitrogen and oxygen atoms in total. The zero-order chi connectivity index (χ0) is 13.0. The van der Waals surface area contributed by atoms with Gasteiger partial charge in [0.15, 0.2) is 0 Å². The molecule has 6 heteroatoms. The summed E-state index contributed by atoms with van der Waals surface area (Å²) in [6, 6.07) is 5.08. The topological polar surface area (TPSA) is 63.7 Å². The molecule has 0 amide bonds. The summed E-state index contributed by atoms with van der Waals surface area (Å²) in [6.07, 6.45) is 4.48. The lowest BCUT2D eigenvalue weighted by atomic mass is 10.3. The summed E-state index contributed by atoms with van der Waals surface area (Å²) in [5.41, 5.74) is 1.34. The van der Waals surface area contributed by atoms with Crippen molar-refractivity contribution in [2.45, 2.75) is 6.42 Å². The largest absolute Gasteiger partial charge is 0.493 e. The Hall–Kier alpha value is -2.06. The maximum Gasteiger partial charge on any atom is 0.145 e. The highest BCUT2D eigenvalue weighted by Crippen LogP contribution is 2.17. The summed E-state index contributed by atoms with van der Waals surface area (Å²) in [6.45, 7) is 0.497. The van der Waals surface area contributed by atoms with Gasteiger partial charge in [-0.25, -0.2) is 4.98 Å². The lowest BCUT2D eigenvalue weighted by Gasteiger charge is -2.05. The molecule has 0 N–H and O–H groups in total. The highest BCUT2D eigenvalue weighted by Gasteiger charge is 2.02. The number of aromatic nitrogens is 3. The van der Waals surface area contributed by atoms with Gasteiger partial charge in [0, 0.05) is 31.8 Å². The van der Waals surface area contributed by atoms with E-state index in [0.717, 1.165) is 12.0 Å². The summed E-state index contributed by atoms with van der Waals surface area (Å²) >= 11 is 5.77. The second kappa shape index (κ2) is 5.52. The smallest absolute Gasteiger partial charge is 0.145 e. The minimum Gasteiger partial charge on any atom is -0.493 e. The third-order valence-electron chi connectivity index (χ3n) is 2.30. The van der Waals surface area contributed by atoms with Gasteiger partial charge >= 0.3 is 0 Å². The van der Waals surface area contributed by atoms with E-state index in [1.165, 1.54) is 0 Å². The number of rotatable bonds is 4. The summed E-state index contributed by atoms with van der Waals surface area (Å²) in [7, 11) is 1.87.